The van der Waals surface area contributed by atoms with E-state index in [0.717, 1.165) is 44.6 Å². The minimum absolute atomic E-state index is 0.139. The van der Waals surface area contributed by atoms with Gasteiger partial charge in [-0.15, -0.1) is 0 Å². The van der Waals surface area contributed by atoms with Gasteiger partial charge in [0.2, 0.25) is 5.95 Å². The number of phenolic OH excluding ortho intramolecular Hbond substituents is 1. The number of aromatic nitrogens is 2. The summed E-state index contributed by atoms with van der Waals surface area (Å²) in [7, 11) is 0. The van der Waals surface area contributed by atoms with E-state index in [9.17, 15) is 9.90 Å². The van der Waals surface area contributed by atoms with E-state index in [2.05, 4.69) is 35.4 Å². The van der Waals surface area contributed by atoms with Crippen LogP contribution in [0.3, 0.4) is 0 Å². The molecule has 1 amide bonds. The number of piperazine rings is 1. The highest BCUT2D eigenvalue weighted by molar-refractivity contribution is 5.94. The molecule has 9 nitrogen and oxygen atoms in total. The fourth-order valence-corrected chi connectivity index (χ4v) is 3.04. The van der Waals surface area contributed by atoms with Crippen LogP contribution in [0.1, 0.15) is 17.3 Å². The zero-order valence-corrected chi connectivity index (χ0v) is 16.6. The second-order valence-electron chi connectivity index (χ2n) is 6.56. The molecule has 29 heavy (non-hydrogen) atoms. The van der Waals surface area contributed by atoms with Gasteiger partial charge < -0.3 is 25.5 Å². The zero-order chi connectivity index (χ0) is 20.5. The van der Waals surface area contributed by atoms with E-state index in [4.69, 9.17) is 0 Å². The summed E-state index contributed by atoms with van der Waals surface area (Å²) >= 11 is 0. The van der Waals surface area contributed by atoms with Crippen molar-refractivity contribution in [2.75, 3.05) is 50.7 Å². The molecule has 1 fully saturated rings. The van der Waals surface area contributed by atoms with Gasteiger partial charge in [0.05, 0.1) is 6.54 Å². The molecule has 154 valence electrons. The number of hydrogen-bond acceptors (Lipinski definition) is 6. The number of rotatable bonds is 6. The maximum absolute atomic E-state index is 12.1. The first-order valence-electron chi connectivity index (χ1n) is 9.80. The van der Waals surface area contributed by atoms with Crippen molar-refractivity contribution in [2.45, 2.75) is 6.92 Å². The van der Waals surface area contributed by atoms with Crippen molar-refractivity contribution in [3.05, 3.63) is 48.3 Å². The van der Waals surface area contributed by atoms with E-state index in [1.165, 1.54) is 12.1 Å². The van der Waals surface area contributed by atoms with Gasteiger partial charge in [-0.2, -0.15) is 0 Å². The average molecular weight is 397 g/mol. The number of phenols is 1. The number of aromatic hydroxyl groups is 1. The van der Waals surface area contributed by atoms with Gasteiger partial charge in [-0.3, -0.25) is 9.79 Å². The van der Waals surface area contributed by atoms with E-state index < -0.39 is 0 Å². The number of amides is 1. The lowest BCUT2D eigenvalue weighted by Gasteiger charge is -2.36. The van der Waals surface area contributed by atoms with E-state index >= 15 is 0 Å². The molecule has 0 radical (unpaired) electrons. The third kappa shape index (κ3) is 5.81. The summed E-state index contributed by atoms with van der Waals surface area (Å²) in [6.45, 7) is 7.03. The Kier molecular flexibility index (Phi) is 7.21. The van der Waals surface area contributed by atoms with Gasteiger partial charge in [0.15, 0.2) is 5.96 Å². The number of aliphatic imine (C=N–C) groups is 1. The Morgan fingerprint density at radius 1 is 1.10 bits per heavy atom. The summed E-state index contributed by atoms with van der Waals surface area (Å²) in [6, 6.07) is 7.99. The third-order valence-electron chi connectivity index (χ3n) is 4.54. The number of nitrogens with one attached hydrogen (secondary N) is 2. The van der Waals surface area contributed by atoms with Crippen LogP contribution < -0.4 is 15.5 Å². The minimum atomic E-state index is -0.179. The second-order valence-corrected chi connectivity index (χ2v) is 6.56. The van der Waals surface area contributed by atoms with E-state index in [1.807, 2.05) is 13.0 Å². The second kappa shape index (κ2) is 10.3. The molecule has 1 saturated heterocycles. The molecular weight excluding hydrogens is 370 g/mol. The summed E-state index contributed by atoms with van der Waals surface area (Å²) in [6.07, 6.45) is 3.51. The first-order valence-corrected chi connectivity index (χ1v) is 9.80. The number of guanidine groups is 1. The van der Waals surface area contributed by atoms with Crippen molar-refractivity contribution in [3.8, 4) is 5.75 Å². The van der Waals surface area contributed by atoms with Crippen molar-refractivity contribution in [1.82, 2.24) is 25.5 Å². The largest absolute Gasteiger partial charge is 0.508 e. The predicted octanol–water partition coefficient (Wildman–Crippen LogP) is 0.700. The lowest BCUT2D eigenvalue weighted by molar-refractivity contribution is 0.0954. The summed E-state index contributed by atoms with van der Waals surface area (Å²) in [5.74, 6) is 1.56. The van der Waals surface area contributed by atoms with Crippen molar-refractivity contribution >= 4 is 17.8 Å². The van der Waals surface area contributed by atoms with E-state index in [-0.39, 0.29) is 11.7 Å². The molecular formula is C20H27N7O2. The molecule has 0 spiro atoms. The quantitative estimate of drug-likeness (QED) is 0.374. The summed E-state index contributed by atoms with van der Waals surface area (Å²) in [5, 5.41) is 15.5. The Labute approximate surface area is 170 Å². The SMILES string of the molecule is CCNC(=NCCNC(=O)c1ccc(O)cc1)N1CCN(c2ncccn2)CC1. The molecule has 1 aliphatic rings. The molecule has 0 atom stereocenters. The Bertz CT molecular complexity index is 803. The Morgan fingerprint density at radius 2 is 1.79 bits per heavy atom. The Morgan fingerprint density at radius 3 is 2.45 bits per heavy atom. The summed E-state index contributed by atoms with van der Waals surface area (Å²) in [4.78, 5) is 29.8. The van der Waals surface area contributed by atoms with Gasteiger partial charge in [-0.25, -0.2) is 9.97 Å². The highest BCUT2D eigenvalue weighted by Gasteiger charge is 2.20. The van der Waals surface area contributed by atoms with E-state index in [1.54, 1.807) is 24.5 Å². The smallest absolute Gasteiger partial charge is 0.251 e. The minimum Gasteiger partial charge on any atom is -0.508 e. The molecule has 0 unspecified atom stereocenters. The standard InChI is InChI=1S/C20H27N7O2/c1-2-21-19(25-11-10-22-18(29)16-4-6-17(28)7-5-16)26-12-14-27(15-13-26)20-23-8-3-9-24-20/h3-9,28H,2,10-15H2,1H3,(H,21,25)(H,22,29). The van der Waals surface area contributed by atoms with Crippen LogP contribution in [0.4, 0.5) is 5.95 Å². The van der Waals surface area contributed by atoms with Crippen molar-refractivity contribution in [2.24, 2.45) is 4.99 Å². The molecule has 0 aliphatic carbocycles. The fraction of sp³-hybridized carbons (Fsp3) is 0.400. The molecule has 2 heterocycles. The fourth-order valence-electron chi connectivity index (χ4n) is 3.04. The predicted molar refractivity (Wildman–Crippen MR) is 112 cm³/mol. The van der Waals surface area contributed by atoms with E-state index in [0.29, 0.717) is 18.7 Å². The Balaban J connectivity index is 1.48. The molecule has 1 aromatic heterocycles. The van der Waals surface area contributed by atoms with Gasteiger partial charge in [0.1, 0.15) is 5.75 Å². The van der Waals surface area contributed by atoms with Crippen LogP contribution in [0.25, 0.3) is 0 Å². The topological polar surface area (TPSA) is 106 Å². The zero-order valence-electron chi connectivity index (χ0n) is 16.6. The van der Waals surface area contributed by atoms with Gasteiger partial charge in [0.25, 0.3) is 5.91 Å². The van der Waals surface area contributed by atoms with Gasteiger partial charge in [-0.05, 0) is 37.3 Å². The monoisotopic (exact) mass is 397 g/mol. The van der Waals surface area contributed by atoms with Crippen LogP contribution in [0, 0.1) is 0 Å². The maximum Gasteiger partial charge on any atom is 0.251 e. The molecule has 9 heteroatoms. The number of anilines is 1. The summed E-state index contributed by atoms with van der Waals surface area (Å²) in [5.41, 5.74) is 0.512. The number of carbonyl (C=O) groups excluding carboxylic acids is 1. The molecule has 1 aliphatic heterocycles. The number of hydrogen-bond donors (Lipinski definition) is 3. The maximum atomic E-state index is 12.1. The van der Waals surface area contributed by atoms with Crippen molar-refractivity contribution < 1.29 is 9.90 Å². The number of benzene rings is 1. The number of carbonyl (C=O) groups is 1. The van der Waals surface area contributed by atoms with Gasteiger partial charge in [-0.1, -0.05) is 0 Å². The molecule has 3 rings (SSSR count). The highest BCUT2D eigenvalue weighted by atomic mass is 16.3. The van der Waals surface area contributed by atoms with Gasteiger partial charge >= 0.3 is 0 Å². The molecule has 2 aromatic rings. The lowest BCUT2D eigenvalue weighted by Crippen LogP contribution is -2.53. The van der Waals surface area contributed by atoms with Crippen LogP contribution in [-0.4, -0.2) is 77.7 Å². The van der Waals surface area contributed by atoms with Crippen molar-refractivity contribution in [3.63, 3.8) is 0 Å². The first-order chi connectivity index (χ1) is 14.2. The van der Waals surface area contributed by atoms with Gasteiger partial charge in [0, 0.05) is 57.2 Å². The van der Waals surface area contributed by atoms with Crippen LogP contribution in [0.15, 0.2) is 47.7 Å². The van der Waals surface area contributed by atoms with Crippen LogP contribution in [0.5, 0.6) is 5.75 Å². The van der Waals surface area contributed by atoms with Crippen LogP contribution in [-0.2, 0) is 0 Å². The molecule has 0 saturated carbocycles. The number of nitrogens with zero attached hydrogens (tertiary/aromatic N) is 5. The highest BCUT2D eigenvalue weighted by Crippen LogP contribution is 2.10. The average Bonchev–Trinajstić information content (AvgIpc) is 2.77. The first kappa shape index (κ1) is 20.4. The normalized spacial score (nSPS) is 14.6. The summed E-state index contributed by atoms with van der Waals surface area (Å²) < 4.78 is 0. The Hall–Kier alpha value is -3.36. The van der Waals surface area contributed by atoms with Crippen LogP contribution >= 0.6 is 0 Å². The molecule has 0 bridgehead atoms. The molecule has 1 aromatic carbocycles. The lowest BCUT2D eigenvalue weighted by atomic mass is 10.2. The van der Waals surface area contributed by atoms with Crippen LogP contribution in [0.2, 0.25) is 0 Å². The third-order valence-corrected chi connectivity index (χ3v) is 4.54. The van der Waals surface area contributed by atoms with Crippen molar-refractivity contribution in [1.29, 1.82) is 0 Å². The molecule has 3 N–H and O–H groups in total.